The fourth-order valence-electron chi connectivity index (χ4n) is 2.84. The lowest BCUT2D eigenvalue weighted by Crippen LogP contribution is -2.53. The summed E-state index contributed by atoms with van der Waals surface area (Å²) >= 11 is 0. The van der Waals surface area contributed by atoms with Gasteiger partial charge in [-0.05, 0) is 44.7 Å². The summed E-state index contributed by atoms with van der Waals surface area (Å²) in [4.78, 5) is 14.6. The van der Waals surface area contributed by atoms with Crippen molar-refractivity contribution in [3.8, 4) is 0 Å². The van der Waals surface area contributed by atoms with E-state index < -0.39 is 0 Å². The first-order chi connectivity index (χ1) is 7.74. The Bertz CT molecular complexity index is 250. The third-order valence-electron chi connectivity index (χ3n) is 4.29. The fraction of sp³-hybridized carbons (Fsp3) is 0.923. The molecule has 0 radical (unpaired) electrons. The second-order valence-corrected chi connectivity index (χ2v) is 5.30. The van der Waals surface area contributed by atoms with Crippen molar-refractivity contribution < 1.29 is 4.79 Å². The number of carbonyl (C=O) groups is 1. The standard InChI is InChI=1S/C13H24N2O/c1-3-12-6-4-5-7-15(12)13(16)10(2)11-8-14-9-11/h10-12,14H,3-9H2,1-2H3. The molecule has 0 bridgehead atoms. The minimum atomic E-state index is 0.216. The van der Waals surface area contributed by atoms with Crippen molar-refractivity contribution in [3.63, 3.8) is 0 Å². The van der Waals surface area contributed by atoms with Crippen LogP contribution in [0.1, 0.15) is 39.5 Å². The molecule has 1 N–H and O–H groups in total. The van der Waals surface area contributed by atoms with Gasteiger partial charge in [0.1, 0.15) is 0 Å². The van der Waals surface area contributed by atoms with Gasteiger partial charge >= 0.3 is 0 Å². The summed E-state index contributed by atoms with van der Waals surface area (Å²) in [5.41, 5.74) is 0. The predicted octanol–water partition coefficient (Wildman–Crippen LogP) is 1.63. The Hall–Kier alpha value is -0.570. The van der Waals surface area contributed by atoms with Crippen LogP contribution < -0.4 is 5.32 Å². The Kier molecular flexibility index (Phi) is 3.85. The lowest BCUT2D eigenvalue weighted by Gasteiger charge is -2.40. The van der Waals surface area contributed by atoms with Crippen molar-refractivity contribution in [2.45, 2.75) is 45.6 Å². The maximum absolute atomic E-state index is 12.4. The highest BCUT2D eigenvalue weighted by molar-refractivity contribution is 5.79. The lowest BCUT2D eigenvalue weighted by molar-refractivity contribution is -0.141. The van der Waals surface area contributed by atoms with Crippen LogP contribution in [0.5, 0.6) is 0 Å². The second-order valence-electron chi connectivity index (χ2n) is 5.30. The summed E-state index contributed by atoms with van der Waals surface area (Å²) in [7, 11) is 0. The van der Waals surface area contributed by atoms with E-state index in [2.05, 4.69) is 24.1 Å². The van der Waals surface area contributed by atoms with Crippen molar-refractivity contribution >= 4 is 5.91 Å². The third kappa shape index (κ3) is 2.24. The van der Waals surface area contributed by atoms with Crippen LogP contribution in [0, 0.1) is 11.8 Å². The number of likely N-dealkylation sites (tertiary alicyclic amines) is 1. The van der Waals surface area contributed by atoms with Gasteiger partial charge in [-0.1, -0.05) is 13.8 Å². The molecule has 2 aliphatic rings. The van der Waals surface area contributed by atoms with Crippen molar-refractivity contribution in [1.29, 1.82) is 0 Å². The van der Waals surface area contributed by atoms with E-state index in [1.165, 1.54) is 19.3 Å². The van der Waals surface area contributed by atoms with Crippen LogP contribution in [-0.2, 0) is 4.79 Å². The maximum Gasteiger partial charge on any atom is 0.226 e. The van der Waals surface area contributed by atoms with Crippen molar-refractivity contribution in [2.75, 3.05) is 19.6 Å². The van der Waals surface area contributed by atoms with E-state index in [0.29, 0.717) is 17.9 Å². The first-order valence-electron chi connectivity index (χ1n) is 6.75. The van der Waals surface area contributed by atoms with Crippen molar-refractivity contribution in [3.05, 3.63) is 0 Å². The van der Waals surface area contributed by atoms with Gasteiger partial charge in [-0.3, -0.25) is 4.79 Å². The number of piperidine rings is 1. The molecular weight excluding hydrogens is 200 g/mol. The fourth-order valence-corrected chi connectivity index (χ4v) is 2.84. The summed E-state index contributed by atoms with van der Waals surface area (Å²) in [6.45, 7) is 7.35. The predicted molar refractivity (Wildman–Crippen MR) is 65.2 cm³/mol. The Morgan fingerprint density at radius 2 is 2.19 bits per heavy atom. The highest BCUT2D eigenvalue weighted by atomic mass is 16.2. The van der Waals surface area contributed by atoms with Gasteiger partial charge in [-0.2, -0.15) is 0 Å². The molecule has 0 aromatic heterocycles. The average molecular weight is 224 g/mol. The van der Waals surface area contributed by atoms with Gasteiger partial charge in [-0.25, -0.2) is 0 Å². The quantitative estimate of drug-likeness (QED) is 0.790. The largest absolute Gasteiger partial charge is 0.339 e. The molecule has 2 rings (SSSR count). The molecule has 2 aliphatic heterocycles. The lowest BCUT2D eigenvalue weighted by atomic mass is 9.86. The number of hydrogen-bond acceptors (Lipinski definition) is 2. The topological polar surface area (TPSA) is 32.3 Å². The van der Waals surface area contributed by atoms with Crippen LogP contribution in [0.2, 0.25) is 0 Å². The molecule has 16 heavy (non-hydrogen) atoms. The molecule has 0 spiro atoms. The van der Waals surface area contributed by atoms with Gasteiger partial charge in [0.25, 0.3) is 0 Å². The van der Waals surface area contributed by atoms with Gasteiger partial charge in [0, 0.05) is 18.5 Å². The first kappa shape index (κ1) is 11.9. The number of rotatable bonds is 3. The monoisotopic (exact) mass is 224 g/mol. The molecule has 0 aliphatic carbocycles. The van der Waals surface area contributed by atoms with Crippen molar-refractivity contribution in [2.24, 2.45) is 11.8 Å². The summed E-state index contributed by atoms with van der Waals surface area (Å²) in [6.07, 6.45) is 4.80. The second kappa shape index (κ2) is 5.17. The van der Waals surface area contributed by atoms with Gasteiger partial charge in [0.15, 0.2) is 0 Å². The number of carbonyl (C=O) groups excluding carboxylic acids is 1. The molecule has 2 atom stereocenters. The summed E-state index contributed by atoms with van der Waals surface area (Å²) in [5, 5.41) is 3.25. The maximum atomic E-state index is 12.4. The van der Waals surface area contributed by atoms with E-state index in [0.717, 1.165) is 26.1 Å². The van der Waals surface area contributed by atoms with Crippen LogP contribution in [-0.4, -0.2) is 36.5 Å². The summed E-state index contributed by atoms with van der Waals surface area (Å²) in [6, 6.07) is 0.511. The van der Waals surface area contributed by atoms with E-state index in [1.807, 2.05) is 0 Å². The Morgan fingerprint density at radius 1 is 1.44 bits per heavy atom. The molecule has 2 unspecified atom stereocenters. The highest BCUT2D eigenvalue weighted by Crippen LogP contribution is 2.25. The highest BCUT2D eigenvalue weighted by Gasteiger charge is 2.34. The summed E-state index contributed by atoms with van der Waals surface area (Å²) < 4.78 is 0. The van der Waals surface area contributed by atoms with Crippen LogP contribution in [0.4, 0.5) is 0 Å². The number of nitrogens with zero attached hydrogens (tertiary/aromatic N) is 1. The smallest absolute Gasteiger partial charge is 0.226 e. The molecule has 2 heterocycles. The van der Waals surface area contributed by atoms with Gasteiger partial charge in [0.05, 0.1) is 0 Å². The molecule has 92 valence electrons. The van der Waals surface area contributed by atoms with Gasteiger partial charge in [-0.15, -0.1) is 0 Å². The van der Waals surface area contributed by atoms with E-state index in [-0.39, 0.29) is 5.92 Å². The molecule has 0 aromatic carbocycles. The normalized spacial score (nSPS) is 28.6. The third-order valence-corrected chi connectivity index (χ3v) is 4.29. The zero-order chi connectivity index (χ0) is 11.5. The minimum Gasteiger partial charge on any atom is -0.339 e. The van der Waals surface area contributed by atoms with Crippen LogP contribution in [0.3, 0.4) is 0 Å². The van der Waals surface area contributed by atoms with Gasteiger partial charge < -0.3 is 10.2 Å². The molecule has 3 heteroatoms. The Morgan fingerprint density at radius 3 is 2.75 bits per heavy atom. The van der Waals surface area contributed by atoms with Crippen LogP contribution >= 0.6 is 0 Å². The SMILES string of the molecule is CCC1CCCCN1C(=O)C(C)C1CNC1. The number of hydrogen-bond donors (Lipinski definition) is 1. The number of nitrogens with one attached hydrogen (secondary N) is 1. The van der Waals surface area contributed by atoms with Gasteiger partial charge in [0.2, 0.25) is 5.91 Å². The zero-order valence-corrected chi connectivity index (χ0v) is 10.5. The Labute approximate surface area is 98.6 Å². The molecule has 2 saturated heterocycles. The Balaban J connectivity index is 1.95. The average Bonchev–Trinajstić information content (AvgIpc) is 2.25. The van der Waals surface area contributed by atoms with Crippen LogP contribution in [0.15, 0.2) is 0 Å². The molecular formula is C13H24N2O. The van der Waals surface area contributed by atoms with Crippen molar-refractivity contribution in [1.82, 2.24) is 10.2 Å². The molecule has 1 amide bonds. The molecule has 0 saturated carbocycles. The van der Waals surface area contributed by atoms with E-state index in [1.54, 1.807) is 0 Å². The molecule has 0 aromatic rings. The van der Waals surface area contributed by atoms with E-state index >= 15 is 0 Å². The summed E-state index contributed by atoms with van der Waals surface area (Å²) in [5.74, 6) is 1.19. The molecule has 3 nitrogen and oxygen atoms in total. The van der Waals surface area contributed by atoms with E-state index in [4.69, 9.17) is 0 Å². The number of amides is 1. The van der Waals surface area contributed by atoms with Crippen LogP contribution in [0.25, 0.3) is 0 Å². The minimum absolute atomic E-state index is 0.216. The zero-order valence-electron chi connectivity index (χ0n) is 10.5. The first-order valence-corrected chi connectivity index (χ1v) is 6.75. The van der Waals surface area contributed by atoms with E-state index in [9.17, 15) is 4.79 Å². The molecule has 2 fully saturated rings.